The minimum absolute atomic E-state index is 0.195. The number of carbonyl (C=O) groups excluding carboxylic acids is 1. The monoisotopic (exact) mass is 435 g/mol. The van der Waals surface area contributed by atoms with Crippen LogP contribution in [0.5, 0.6) is 0 Å². The lowest BCUT2D eigenvalue weighted by atomic mass is 9.94. The number of piperidine rings is 1. The largest absolute Gasteiger partial charge is 0.480 e. The molecule has 2 aromatic rings. The average molecular weight is 436 g/mol. The van der Waals surface area contributed by atoms with Gasteiger partial charge in [0.1, 0.15) is 11.9 Å². The second-order valence-corrected chi connectivity index (χ2v) is 8.02. The van der Waals surface area contributed by atoms with Crippen LogP contribution in [0.4, 0.5) is 5.82 Å². The zero-order valence-corrected chi connectivity index (χ0v) is 17.8. The van der Waals surface area contributed by atoms with Gasteiger partial charge in [-0.25, -0.2) is 4.98 Å². The molecule has 1 aliphatic heterocycles. The first-order chi connectivity index (χ1) is 13.8. The number of carbonyl (C=O) groups is 2. The topological polar surface area (TPSA) is 82.5 Å². The Morgan fingerprint density at radius 1 is 1.21 bits per heavy atom. The van der Waals surface area contributed by atoms with Gasteiger partial charge in [0.25, 0.3) is 0 Å². The summed E-state index contributed by atoms with van der Waals surface area (Å²) in [5.74, 6) is -0.578. The van der Waals surface area contributed by atoms with E-state index in [0.717, 1.165) is 22.5 Å². The van der Waals surface area contributed by atoms with Crippen LogP contribution in [-0.2, 0) is 9.59 Å². The Morgan fingerprint density at radius 2 is 1.90 bits per heavy atom. The molecule has 0 aliphatic carbocycles. The van der Waals surface area contributed by atoms with Gasteiger partial charge in [-0.05, 0) is 49.9 Å². The summed E-state index contributed by atoms with van der Waals surface area (Å²) in [5.41, 5.74) is 2.83. The first-order valence-corrected chi connectivity index (χ1v) is 10.2. The molecule has 1 atom stereocenters. The van der Waals surface area contributed by atoms with Gasteiger partial charge in [-0.1, -0.05) is 35.3 Å². The fourth-order valence-corrected chi connectivity index (χ4v) is 4.00. The van der Waals surface area contributed by atoms with Crippen LogP contribution in [0.3, 0.4) is 0 Å². The SMILES string of the molecule is Cc1c(-c2cccc(Cl)c2Cl)ccnc1N1CCC(C(=O)NC(C)C(=O)O)CC1. The smallest absolute Gasteiger partial charge is 0.325 e. The van der Waals surface area contributed by atoms with Crippen LogP contribution in [0, 0.1) is 12.8 Å². The van der Waals surface area contributed by atoms with Crippen molar-refractivity contribution >= 4 is 40.9 Å². The van der Waals surface area contributed by atoms with Gasteiger partial charge in [-0.15, -0.1) is 0 Å². The van der Waals surface area contributed by atoms with Crippen LogP contribution >= 0.6 is 23.2 Å². The van der Waals surface area contributed by atoms with Crippen LogP contribution in [0.1, 0.15) is 25.3 Å². The average Bonchev–Trinajstić information content (AvgIpc) is 2.70. The van der Waals surface area contributed by atoms with E-state index < -0.39 is 12.0 Å². The number of halogens is 2. The van der Waals surface area contributed by atoms with Crippen molar-refractivity contribution in [2.45, 2.75) is 32.7 Å². The summed E-state index contributed by atoms with van der Waals surface area (Å²) >= 11 is 12.6. The third-order valence-electron chi connectivity index (χ3n) is 5.31. The predicted molar refractivity (Wildman–Crippen MR) is 115 cm³/mol. The number of aromatic nitrogens is 1. The lowest BCUT2D eigenvalue weighted by molar-refractivity contribution is -0.142. The summed E-state index contributed by atoms with van der Waals surface area (Å²) in [6, 6.07) is 6.59. The molecule has 2 N–H and O–H groups in total. The molecule has 3 rings (SSSR count). The molecule has 1 aromatic heterocycles. The highest BCUT2D eigenvalue weighted by Gasteiger charge is 2.28. The number of amides is 1. The molecule has 0 spiro atoms. The maximum absolute atomic E-state index is 12.3. The number of nitrogens with one attached hydrogen (secondary N) is 1. The van der Waals surface area contributed by atoms with Crippen molar-refractivity contribution in [1.82, 2.24) is 10.3 Å². The maximum Gasteiger partial charge on any atom is 0.325 e. The fourth-order valence-electron chi connectivity index (χ4n) is 3.59. The van der Waals surface area contributed by atoms with Gasteiger partial charge in [0.05, 0.1) is 10.0 Å². The summed E-state index contributed by atoms with van der Waals surface area (Å²) in [6.45, 7) is 4.80. The van der Waals surface area contributed by atoms with E-state index in [1.807, 2.05) is 25.1 Å². The minimum Gasteiger partial charge on any atom is -0.480 e. The molecule has 2 heterocycles. The van der Waals surface area contributed by atoms with Crippen LogP contribution in [0.15, 0.2) is 30.5 Å². The highest BCUT2D eigenvalue weighted by Crippen LogP contribution is 2.37. The predicted octanol–water partition coefficient (Wildman–Crippen LogP) is 4.17. The van der Waals surface area contributed by atoms with E-state index >= 15 is 0 Å². The van der Waals surface area contributed by atoms with E-state index in [9.17, 15) is 9.59 Å². The normalized spacial score (nSPS) is 15.8. The van der Waals surface area contributed by atoms with E-state index in [1.54, 1.807) is 12.3 Å². The number of benzene rings is 1. The van der Waals surface area contributed by atoms with E-state index in [-0.39, 0.29) is 11.8 Å². The number of nitrogens with zero attached hydrogens (tertiary/aromatic N) is 2. The molecule has 1 saturated heterocycles. The molecule has 1 amide bonds. The summed E-state index contributed by atoms with van der Waals surface area (Å²) in [4.78, 5) is 29.9. The number of anilines is 1. The molecule has 29 heavy (non-hydrogen) atoms. The number of hydrogen-bond acceptors (Lipinski definition) is 4. The highest BCUT2D eigenvalue weighted by molar-refractivity contribution is 6.43. The van der Waals surface area contributed by atoms with Gasteiger partial charge in [0.15, 0.2) is 0 Å². The van der Waals surface area contributed by atoms with Crippen molar-refractivity contribution in [2.24, 2.45) is 5.92 Å². The Balaban J connectivity index is 1.74. The number of carboxylic acids is 1. The first kappa shape index (κ1) is 21.4. The lowest BCUT2D eigenvalue weighted by Gasteiger charge is -2.33. The second-order valence-electron chi connectivity index (χ2n) is 7.24. The zero-order valence-electron chi connectivity index (χ0n) is 16.3. The quantitative estimate of drug-likeness (QED) is 0.735. The van der Waals surface area contributed by atoms with Gasteiger partial charge < -0.3 is 15.3 Å². The number of pyridine rings is 1. The third kappa shape index (κ3) is 4.65. The van der Waals surface area contributed by atoms with E-state index in [1.165, 1.54) is 6.92 Å². The molecule has 6 nitrogen and oxygen atoms in total. The Labute approximate surface area is 179 Å². The molecule has 8 heteroatoms. The number of aliphatic carboxylic acids is 1. The lowest BCUT2D eigenvalue weighted by Crippen LogP contribution is -2.45. The summed E-state index contributed by atoms with van der Waals surface area (Å²) < 4.78 is 0. The van der Waals surface area contributed by atoms with Crippen LogP contribution in [0.25, 0.3) is 11.1 Å². The van der Waals surface area contributed by atoms with Crippen LogP contribution in [0.2, 0.25) is 10.0 Å². The van der Waals surface area contributed by atoms with Crippen molar-refractivity contribution in [1.29, 1.82) is 0 Å². The zero-order chi connectivity index (χ0) is 21.1. The van der Waals surface area contributed by atoms with Crippen molar-refractivity contribution in [3.05, 3.63) is 46.1 Å². The summed E-state index contributed by atoms with van der Waals surface area (Å²) in [6.07, 6.45) is 3.03. The minimum atomic E-state index is -1.04. The van der Waals surface area contributed by atoms with Crippen molar-refractivity contribution in [3.63, 3.8) is 0 Å². The second kappa shape index (κ2) is 9.01. The van der Waals surface area contributed by atoms with Crippen LogP contribution in [-0.4, -0.2) is 41.1 Å². The molecular formula is C21H23Cl2N3O3. The molecule has 1 fully saturated rings. The summed E-state index contributed by atoms with van der Waals surface area (Å²) in [5, 5.41) is 12.5. The molecule has 1 aromatic carbocycles. The van der Waals surface area contributed by atoms with E-state index in [4.69, 9.17) is 28.3 Å². The molecule has 1 aliphatic rings. The molecular weight excluding hydrogens is 413 g/mol. The fraction of sp³-hybridized carbons (Fsp3) is 0.381. The molecule has 1 unspecified atom stereocenters. The van der Waals surface area contributed by atoms with Gasteiger partial charge >= 0.3 is 5.97 Å². The Bertz CT molecular complexity index is 927. The van der Waals surface area contributed by atoms with Crippen molar-refractivity contribution in [3.8, 4) is 11.1 Å². The molecule has 0 bridgehead atoms. The van der Waals surface area contributed by atoms with Gasteiger partial charge in [0, 0.05) is 30.8 Å². The van der Waals surface area contributed by atoms with Crippen molar-refractivity contribution in [2.75, 3.05) is 18.0 Å². The maximum atomic E-state index is 12.3. The summed E-state index contributed by atoms with van der Waals surface area (Å²) in [7, 11) is 0. The van der Waals surface area contributed by atoms with Gasteiger partial charge in [0.2, 0.25) is 5.91 Å². The Hall–Kier alpha value is -2.31. The molecule has 0 saturated carbocycles. The van der Waals surface area contributed by atoms with E-state index in [0.29, 0.717) is 36.0 Å². The molecule has 154 valence electrons. The Kier molecular flexibility index (Phi) is 6.65. The highest BCUT2D eigenvalue weighted by atomic mass is 35.5. The number of rotatable bonds is 5. The van der Waals surface area contributed by atoms with Crippen LogP contribution < -0.4 is 10.2 Å². The number of carboxylic acid groups (broad SMARTS) is 1. The molecule has 0 radical (unpaired) electrons. The standard InChI is InChI=1S/C21H23Cl2N3O3/c1-12-15(16-4-3-5-17(22)18(16)23)6-9-24-19(12)26-10-7-14(8-11-26)20(27)25-13(2)21(28)29/h3-6,9,13-14H,7-8,10-11H2,1-2H3,(H,25,27)(H,28,29). The first-order valence-electron chi connectivity index (χ1n) is 9.47. The van der Waals surface area contributed by atoms with E-state index in [2.05, 4.69) is 15.2 Å². The third-order valence-corrected chi connectivity index (χ3v) is 6.13. The van der Waals surface area contributed by atoms with Crippen molar-refractivity contribution < 1.29 is 14.7 Å². The number of hydrogen-bond donors (Lipinski definition) is 2. The van der Waals surface area contributed by atoms with Gasteiger partial charge in [-0.2, -0.15) is 0 Å². The van der Waals surface area contributed by atoms with Gasteiger partial charge in [-0.3, -0.25) is 9.59 Å². The Morgan fingerprint density at radius 3 is 2.55 bits per heavy atom.